The fourth-order valence-electron chi connectivity index (χ4n) is 1.97. The SMILES string of the molecule is O=S(=O)(c1cc(Cl)cc(CCl)c1Cl)N1CCCC1. The zero-order valence-electron chi connectivity index (χ0n) is 9.50. The Morgan fingerprint density at radius 2 is 1.78 bits per heavy atom. The van der Waals surface area contributed by atoms with Gasteiger partial charge in [0.15, 0.2) is 0 Å². The normalized spacial score (nSPS) is 17.3. The smallest absolute Gasteiger partial charge is 0.207 e. The van der Waals surface area contributed by atoms with Gasteiger partial charge in [0.25, 0.3) is 0 Å². The second-order valence-electron chi connectivity index (χ2n) is 4.12. The van der Waals surface area contributed by atoms with Gasteiger partial charge in [-0.25, -0.2) is 8.42 Å². The molecule has 0 saturated carbocycles. The van der Waals surface area contributed by atoms with Crippen LogP contribution in [0, 0.1) is 0 Å². The Balaban J connectivity index is 2.53. The Morgan fingerprint density at radius 3 is 2.33 bits per heavy atom. The molecule has 2 rings (SSSR count). The molecule has 18 heavy (non-hydrogen) atoms. The van der Waals surface area contributed by atoms with Crippen LogP contribution in [0.15, 0.2) is 17.0 Å². The van der Waals surface area contributed by atoms with Crippen molar-refractivity contribution in [2.45, 2.75) is 23.6 Å². The standard InChI is InChI=1S/C11H12Cl3NO2S/c12-7-8-5-9(13)6-10(11(8)14)18(16,17)15-3-1-2-4-15/h5-6H,1-4,7H2. The molecular weight excluding hydrogens is 317 g/mol. The van der Waals surface area contributed by atoms with Crippen molar-refractivity contribution >= 4 is 44.8 Å². The number of nitrogens with zero attached hydrogens (tertiary/aromatic N) is 1. The van der Waals surface area contributed by atoms with E-state index in [-0.39, 0.29) is 15.8 Å². The van der Waals surface area contributed by atoms with Crippen molar-refractivity contribution in [1.82, 2.24) is 4.31 Å². The largest absolute Gasteiger partial charge is 0.244 e. The van der Waals surface area contributed by atoms with Crippen molar-refractivity contribution in [3.63, 3.8) is 0 Å². The molecule has 1 aromatic carbocycles. The second-order valence-corrected chi connectivity index (χ2v) is 7.11. The molecule has 1 aromatic rings. The van der Waals surface area contributed by atoms with Gasteiger partial charge in [0.2, 0.25) is 10.0 Å². The van der Waals surface area contributed by atoms with Gasteiger partial charge in [0.1, 0.15) is 4.90 Å². The molecule has 1 saturated heterocycles. The summed E-state index contributed by atoms with van der Waals surface area (Å²) < 4.78 is 26.3. The summed E-state index contributed by atoms with van der Waals surface area (Å²) in [5, 5.41) is 0.495. The third-order valence-electron chi connectivity index (χ3n) is 2.91. The van der Waals surface area contributed by atoms with Crippen LogP contribution < -0.4 is 0 Å². The van der Waals surface area contributed by atoms with Gasteiger partial charge in [-0.3, -0.25) is 0 Å². The molecule has 100 valence electrons. The predicted molar refractivity (Wildman–Crippen MR) is 74.0 cm³/mol. The van der Waals surface area contributed by atoms with Crippen LogP contribution in [-0.4, -0.2) is 25.8 Å². The van der Waals surface area contributed by atoms with E-state index in [1.165, 1.54) is 10.4 Å². The minimum Gasteiger partial charge on any atom is -0.207 e. The Hall–Kier alpha value is -0.000000000000000132. The van der Waals surface area contributed by atoms with E-state index in [9.17, 15) is 8.42 Å². The van der Waals surface area contributed by atoms with Crippen molar-refractivity contribution in [3.05, 3.63) is 27.7 Å². The highest BCUT2D eigenvalue weighted by atomic mass is 35.5. The van der Waals surface area contributed by atoms with Crippen LogP contribution in [0.3, 0.4) is 0 Å². The second kappa shape index (κ2) is 5.55. The minimum absolute atomic E-state index is 0.0502. The van der Waals surface area contributed by atoms with Gasteiger partial charge >= 0.3 is 0 Å². The van der Waals surface area contributed by atoms with Gasteiger partial charge in [-0.1, -0.05) is 23.2 Å². The highest BCUT2D eigenvalue weighted by Crippen LogP contribution is 2.33. The lowest BCUT2D eigenvalue weighted by Gasteiger charge is -2.17. The number of benzene rings is 1. The van der Waals surface area contributed by atoms with Gasteiger partial charge in [-0.15, -0.1) is 11.6 Å². The maximum atomic E-state index is 12.4. The third kappa shape index (κ3) is 2.63. The molecule has 0 N–H and O–H groups in total. The number of sulfonamides is 1. The van der Waals surface area contributed by atoms with Gasteiger partial charge < -0.3 is 0 Å². The summed E-state index contributed by atoms with van der Waals surface area (Å²) >= 11 is 17.7. The van der Waals surface area contributed by atoms with E-state index in [1.807, 2.05) is 0 Å². The van der Waals surface area contributed by atoms with Crippen LogP contribution in [0.5, 0.6) is 0 Å². The molecule has 1 heterocycles. The van der Waals surface area contributed by atoms with Crippen LogP contribution in [0.25, 0.3) is 0 Å². The van der Waals surface area contributed by atoms with E-state index in [0.29, 0.717) is 23.7 Å². The van der Waals surface area contributed by atoms with E-state index in [1.54, 1.807) is 6.07 Å². The van der Waals surface area contributed by atoms with E-state index in [0.717, 1.165) is 12.8 Å². The first kappa shape index (κ1) is 14.4. The van der Waals surface area contributed by atoms with Gasteiger partial charge in [0.05, 0.1) is 5.02 Å². The quantitative estimate of drug-likeness (QED) is 0.796. The summed E-state index contributed by atoms with van der Waals surface area (Å²) in [5.41, 5.74) is 0.531. The fourth-order valence-corrected chi connectivity index (χ4v) is 4.67. The summed E-state index contributed by atoms with van der Waals surface area (Å²) in [6.07, 6.45) is 1.75. The van der Waals surface area contributed by atoms with Crippen LogP contribution in [0.1, 0.15) is 18.4 Å². The Labute approximate surface area is 122 Å². The van der Waals surface area contributed by atoms with Crippen molar-refractivity contribution in [3.8, 4) is 0 Å². The van der Waals surface area contributed by atoms with Gasteiger partial charge in [-0.2, -0.15) is 4.31 Å². The monoisotopic (exact) mass is 327 g/mol. The summed E-state index contributed by atoms with van der Waals surface area (Å²) in [7, 11) is -3.57. The summed E-state index contributed by atoms with van der Waals surface area (Å²) in [5.74, 6) is 0.127. The lowest BCUT2D eigenvalue weighted by atomic mass is 10.2. The average molecular weight is 329 g/mol. The van der Waals surface area contributed by atoms with Crippen molar-refractivity contribution in [2.24, 2.45) is 0 Å². The number of rotatable bonds is 3. The van der Waals surface area contributed by atoms with E-state index < -0.39 is 10.0 Å². The Kier molecular flexibility index (Phi) is 4.44. The lowest BCUT2D eigenvalue weighted by Crippen LogP contribution is -2.28. The van der Waals surface area contributed by atoms with Crippen molar-refractivity contribution in [2.75, 3.05) is 13.1 Å². The van der Waals surface area contributed by atoms with Crippen LogP contribution in [-0.2, 0) is 15.9 Å². The molecule has 0 atom stereocenters. The van der Waals surface area contributed by atoms with Crippen molar-refractivity contribution in [1.29, 1.82) is 0 Å². The summed E-state index contributed by atoms with van der Waals surface area (Å²) in [6, 6.07) is 2.97. The molecule has 0 unspecified atom stereocenters. The molecule has 0 bridgehead atoms. The molecule has 0 radical (unpaired) electrons. The van der Waals surface area contributed by atoms with Gasteiger partial charge in [0, 0.05) is 24.0 Å². The molecule has 3 nitrogen and oxygen atoms in total. The van der Waals surface area contributed by atoms with Crippen molar-refractivity contribution < 1.29 is 8.42 Å². The molecule has 0 amide bonds. The van der Waals surface area contributed by atoms with Crippen LogP contribution in [0.4, 0.5) is 0 Å². The topological polar surface area (TPSA) is 37.4 Å². The summed E-state index contributed by atoms with van der Waals surface area (Å²) in [4.78, 5) is 0.0502. The van der Waals surface area contributed by atoms with Crippen LogP contribution >= 0.6 is 34.8 Å². The number of halogens is 3. The average Bonchev–Trinajstić information content (AvgIpc) is 2.85. The number of hydrogen-bond acceptors (Lipinski definition) is 2. The highest BCUT2D eigenvalue weighted by Gasteiger charge is 2.30. The molecule has 0 aliphatic carbocycles. The molecule has 1 fully saturated rings. The Morgan fingerprint density at radius 1 is 1.17 bits per heavy atom. The van der Waals surface area contributed by atoms with E-state index in [2.05, 4.69) is 0 Å². The molecule has 1 aliphatic heterocycles. The maximum absolute atomic E-state index is 12.4. The first-order valence-electron chi connectivity index (χ1n) is 5.51. The lowest BCUT2D eigenvalue weighted by molar-refractivity contribution is 0.477. The zero-order chi connectivity index (χ0) is 13.3. The Bertz CT molecular complexity index is 554. The fraction of sp³-hybridized carbons (Fsp3) is 0.455. The van der Waals surface area contributed by atoms with E-state index in [4.69, 9.17) is 34.8 Å². The molecule has 1 aliphatic rings. The third-order valence-corrected chi connectivity index (χ3v) is 5.89. The number of alkyl halides is 1. The first-order valence-corrected chi connectivity index (χ1v) is 8.24. The molecule has 0 aromatic heterocycles. The van der Waals surface area contributed by atoms with E-state index >= 15 is 0 Å². The van der Waals surface area contributed by atoms with Crippen LogP contribution in [0.2, 0.25) is 10.0 Å². The predicted octanol–water partition coefficient (Wildman–Crippen LogP) is 3.52. The molecule has 7 heteroatoms. The molecular formula is C11H12Cl3NO2S. The first-order chi connectivity index (χ1) is 8.46. The summed E-state index contributed by atoms with van der Waals surface area (Å²) in [6.45, 7) is 1.06. The van der Waals surface area contributed by atoms with Gasteiger partial charge in [-0.05, 0) is 30.5 Å². The number of hydrogen-bond donors (Lipinski definition) is 0. The molecule has 0 spiro atoms. The minimum atomic E-state index is -3.57. The maximum Gasteiger partial charge on any atom is 0.244 e. The highest BCUT2D eigenvalue weighted by molar-refractivity contribution is 7.89. The zero-order valence-corrected chi connectivity index (χ0v) is 12.6.